The zero-order valence-electron chi connectivity index (χ0n) is 11.1. The van der Waals surface area contributed by atoms with E-state index in [1.807, 2.05) is 34.7 Å². The van der Waals surface area contributed by atoms with Gasteiger partial charge in [-0.15, -0.1) is 0 Å². The van der Waals surface area contributed by atoms with E-state index in [9.17, 15) is 10.1 Å². The van der Waals surface area contributed by atoms with Gasteiger partial charge in [-0.3, -0.25) is 10.1 Å². The van der Waals surface area contributed by atoms with Crippen LogP contribution in [0.25, 0.3) is 0 Å². The summed E-state index contributed by atoms with van der Waals surface area (Å²) in [4.78, 5) is 10.4. The number of halogens is 1. The van der Waals surface area contributed by atoms with Crippen LogP contribution in [0, 0.1) is 13.7 Å². The predicted molar refractivity (Wildman–Crippen MR) is 89.0 cm³/mol. The predicted octanol–water partition coefficient (Wildman–Crippen LogP) is 4.37. The summed E-state index contributed by atoms with van der Waals surface area (Å²) in [6, 6.07) is 13.4. The Morgan fingerprint density at radius 2 is 1.90 bits per heavy atom. The third-order valence-corrected chi connectivity index (χ3v) is 3.99. The monoisotopic (exact) mass is 382 g/mol. The molecule has 2 rings (SSSR count). The van der Waals surface area contributed by atoms with Crippen molar-refractivity contribution in [2.45, 2.75) is 19.9 Å². The molecule has 2 aromatic carbocycles. The number of nitrogens with one attached hydrogen (secondary N) is 1. The van der Waals surface area contributed by atoms with Gasteiger partial charge in [0, 0.05) is 18.3 Å². The maximum absolute atomic E-state index is 10.8. The van der Waals surface area contributed by atoms with Crippen LogP contribution in [0.15, 0.2) is 42.5 Å². The average Bonchev–Trinajstić information content (AvgIpc) is 2.45. The summed E-state index contributed by atoms with van der Waals surface area (Å²) in [5.41, 5.74) is 3.61. The molecule has 0 bridgehead atoms. The van der Waals surface area contributed by atoms with Gasteiger partial charge in [-0.25, -0.2) is 0 Å². The van der Waals surface area contributed by atoms with Crippen molar-refractivity contribution >= 4 is 34.0 Å². The zero-order valence-corrected chi connectivity index (χ0v) is 13.3. The minimum Gasteiger partial charge on any atom is -0.381 e. The molecule has 1 N–H and O–H groups in total. The van der Waals surface area contributed by atoms with Gasteiger partial charge in [-0.1, -0.05) is 31.2 Å². The minimum atomic E-state index is -0.363. The summed E-state index contributed by atoms with van der Waals surface area (Å²) in [5.74, 6) is 0. The van der Waals surface area contributed by atoms with Gasteiger partial charge in [0.2, 0.25) is 0 Å². The third-order valence-electron chi connectivity index (χ3n) is 3.13. The number of nitrogens with zero attached hydrogens (tertiary/aromatic N) is 1. The molecule has 5 heteroatoms. The largest absolute Gasteiger partial charge is 0.381 e. The van der Waals surface area contributed by atoms with E-state index in [4.69, 9.17) is 0 Å². The summed E-state index contributed by atoms with van der Waals surface area (Å²) in [7, 11) is 0. The fraction of sp³-hybridized carbons (Fsp3) is 0.200. The maximum Gasteiger partial charge on any atom is 0.282 e. The number of hydrogen-bond donors (Lipinski definition) is 1. The first-order valence-electron chi connectivity index (χ1n) is 6.36. The van der Waals surface area contributed by atoms with Crippen LogP contribution >= 0.6 is 22.6 Å². The van der Waals surface area contributed by atoms with Crippen LogP contribution in [0.5, 0.6) is 0 Å². The molecule has 20 heavy (non-hydrogen) atoms. The van der Waals surface area contributed by atoms with Gasteiger partial charge in [0.25, 0.3) is 5.69 Å². The lowest BCUT2D eigenvalue weighted by atomic mass is 10.1. The van der Waals surface area contributed by atoms with E-state index in [1.165, 1.54) is 17.2 Å². The van der Waals surface area contributed by atoms with Crippen LogP contribution in [0.4, 0.5) is 11.4 Å². The molecule has 0 atom stereocenters. The molecular weight excluding hydrogens is 367 g/mol. The zero-order chi connectivity index (χ0) is 14.5. The quantitative estimate of drug-likeness (QED) is 0.475. The van der Waals surface area contributed by atoms with Gasteiger partial charge >= 0.3 is 0 Å². The Balaban J connectivity index is 2.11. The van der Waals surface area contributed by atoms with Gasteiger partial charge in [0.1, 0.15) is 0 Å². The van der Waals surface area contributed by atoms with Crippen LogP contribution in [-0.2, 0) is 13.0 Å². The van der Waals surface area contributed by atoms with Crippen LogP contribution in [0.3, 0.4) is 0 Å². The number of benzene rings is 2. The van der Waals surface area contributed by atoms with Crippen molar-refractivity contribution < 1.29 is 4.92 Å². The summed E-state index contributed by atoms with van der Waals surface area (Å²) < 4.78 is 0.640. The molecule has 104 valence electrons. The van der Waals surface area contributed by atoms with E-state index >= 15 is 0 Å². The molecule has 0 aliphatic rings. The number of anilines is 1. The summed E-state index contributed by atoms with van der Waals surface area (Å²) in [6.07, 6.45) is 0.996. The van der Waals surface area contributed by atoms with Crippen molar-refractivity contribution in [3.05, 3.63) is 67.3 Å². The van der Waals surface area contributed by atoms with Crippen LogP contribution in [0.2, 0.25) is 0 Å². The fourth-order valence-corrected chi connectivity index (χ4v) is 2.75. The lowest BCUT2D eigenvalue weighted by Crippen LogP contribution is -2.03. The first-order chi connectivity index (χ1) is 9.61. The Bertz CT molecular complexity index is 629. The molecule has 0 aliphatic carbocycles. The smallest absolute Gasteiger partial charge is 0.282 e. The normalized spacial score (nSPS) is 10.3. The highest BCUT2D eigenvalue weighted by atomic mass is 127. The highest BCUT2D eigenvalue weighted by Crippen LogP contribution is 2.24. The fourth-order valence-electron chi connectivity index (χ4n) is 2.04. The molecular formula is C15H15IN2O2. The second kappa shape index (κ2) is 6.69. The Hall–Kier alpha value is -1.63. The minimum absolute atomic E-state index is 0.144. The molecule has 0 aliphatic heterocycles. The number of nitro groups is 1. The first kappa shape index (κ1) is 14.8. The van der Waals surface area contributed by atoms with Crippen LogP contribution < -0.4 is 5.32 Å². The molecule has 2 aromatic rings. The van der Waals surface area contributed by atoms with Crippen molar-refractivity contribution in [1.82, 2.24) is 0 Å². The molecule has 4 nitrogen and oxygen atoms in total. The highest BCUT2D eigenvalue weighted by Gasteiger charge is 2.11. The molecule has 0 unspecified atom stereocenters. The second-order valence-electron chi connectivity index (χ2n) is 4.40. The van der Waals surface area contributed by atoms with E-state index in [0.717, 1.165) is 18.7 Å². The number of aryl methyl sites for hydroxylation is 1. The Kier molecular flexibility index (Phi) is 4.94. The lowest BCUT2D eigenvalue weighted by molar-refractivity contribution is -0.385. The summed E-state index contributed by atoms with van der Waals surface area (Å²) in [5, 5.41) is 14.1. The standard InChI is InChI=1S/C15H15IN2O2/c1-2-11-5-3-4-6-12(11)10-17-13-7-8-15(18(19)20)14(16)9-13/h3-9,17H,2,10H2,1H3. The number of hydrogen-bond acceptors (Lipinski definition) is 3. The Labute approximate surface area is 131 Å². The summed E-state index contributed by atoms with van der Waals surface area (Å²) >= 11 is 1.99. The number of rotatable bonds is 5. The van der Waals surface area contributed by atoms with Crippen LogP contribution in [-0.4, -0.2) is 4.92 Å². The van der Waals surface area contributed by atoms with Gasteiger partial charge in [-0.05, 0) is 52.3 Å². The average molecular weight is 382 g/mol. The van der Waals surface area contributed by atoms with E-state index in [1.54, 1.807) is 12.1 Å². The topological polar surface area (TPSA) is 55.2 Å². The molecule has 0 saturated heterocycles. The van der Waals surface area contributed by atoms with Crippen molar-refractivity contribution in [3.63, 3.8) is 0 Å². The first-order valence-corrected chi connectivity index (χ1v) is 7.44. The van der Waals surface area contributed by atoms with Crippen LogP contribution in [0.1, 0.15) is 18.1 Å². The highest BCUT2D eigenvalue weighted by molar-refractivity contribution is 14.1. The second-order valence-corrected chi connectivity index (χ2v) is 5.56. The molecule has 0 saturated carbocycles. The molecule has 0 fully saturated rings. The van der Waals surface area contributed by atoms with Gasteiger partial charge in [-0.2, -0.15) is 0 Å². The van der Waals surface area contributed by atoms with Crippen molar-refractivity contribution in [2.75, 3.05) is 5.32 Å². The van der Waals surface area contributed by atoms with Gasteiger partial charge in [0.05, 0.1) is 8.49 Å². The van der Waals surface area contributed by atoms with E-state index in [-0.39, 0.29) is 10.6 Å². The van der Waals surface area contributed by atoms with Gasteiger partial charge in [0.15, 0.2) is 0 Å². The van der Waals surface area contributed by atoms with Crippen molar-refractivity contribution in [3.8, 4) is 0 Å². The Morgan fingerprint density at radius 1 is 1.20 bits per heavy atom. The third kappa shape index (κ3) is 3.47. The molecule has 0 aromatic heterocycles. The molecule has 0 amide bonds. The SMILES string of the molecule is CCc1ccccc1CNc1ccc([N+](=O)[O-])c(I)c1. The molecule has 0 heterocycles. The van der Waals surface area contributed by atoms with Gasteiger partial charge < -0.3 is 5.32 Å². The lowest BCUT2D eigenvalue weighted by Gasteiger charge is -2.10. The van der Waals surface area contributed by atoms with E-state index in [2.05, 4.69) is 24.4 Å². The van der Waals surface area contributed by atoms with E-state index in [0.29, 0.717) is 3.57 Å². The van der Waals surface area contributed by atoms with E-state index < -0.39 is 0 Å². The Morgan fingerprint density at radius 3 is 2.50 bits per heavy atom. The van der Waals surface area contributed by atoms with Crippen molar-refractivity contribution in [2.24, 2.45) is 0 Å². The number of nitro benzene ring substituents is 1. The maximum atomic E-state index is 10.8. The summed E-state index contributed by atoms with van der Waals surface area (Å²) in [6.45, 7) is 2.85. The van der Waals surface area contributed by atoms with Crippen molar-refractivity contribution in [1.29, 1.82) is 0 Å². The molecule has 0 spiro atoms. The molecule has 0 radical (unpaired) electrons.